The van der Waals surface area contributed by atoms with Crippen molar-refractivity contribution < 1.29 is 9.53 Å². The molecule has 2 saturated heterocycles. The van der Waals surface area contributed by atoms with E-state index < -0.39 is 0 Å². The molecule has 0 aromatic heterocycles. The average Bonchev–Trinajstić information content (AvgIpc) is 2.84. The quantitative estimate of drug-likeness (QED) is 0.673. The van der Waals surface area contributed by atoms with E-state index in [4.69, 9.17) is 4.74 Å². The van der Waals surface area contributed by atoms with Crippen molar-refractivity contribution in [2.75, 3.05) is 0 Å². The summed E-state index contributed by atoms with van der Waals surface area (Å²) in [5, 5.41) is 9.55. The van der Waals surface area contributed by atoms with Crippen molar-refractivity contribution >= 4 is 5.78 Å². The van der Waals surface area contributed by atoms with Gasteiger partial charge in [-0.3, -0.25) is 4.79 Å². The van der Waals surface area contributed by atoms with Crippen LogP contribution < -0.4 is 0 Å². The van der Waals surface area contributed by atoms with Crippen molar-refractivity contribution in [2.45, 2.75) is 58.7 Å². The van der Waals surface area contributed by atoms with E-state index in [9.17, 15) is 10.1 Å². The summed E-state index contributed by atoms with van der Waals surface area (Å²) in [7, 11) is 0. The van der Waals surface area contributed by atoms with E-state index in [1.165, 1.54) is 0 Å². The van der Waals surface area contributed by atoms with Crippen LogP contribution in [0.3, 0.4) is 0 Å². The Kier molecular flexibility index (Phi) is 2.64. The Labute approximate surface area is 115 Å². The van der Waals surface area contributed by atoms with E-state index in [1.807, 2.05) is 6.92 Å². The maximum Gasteiger partial charge on any atom is 0.143 e. The van der Waals surface area contributed by atoms with Crippen LogP contribution in [-0.2, 0) is 9.53 Å². The minimum atomic E-state index is -0.196. The van der Waals surface area contributed by atoms with E-state index in [0.29, 0.717) is 0 Å². The maximum absolute atomic E-state index is 12.8. The number of hydrogen-bond acceptors (Lipinski definition) is 3. The van der Waals surface area contributed by atoms with Gasteiger partial charge in [0, 0.05) is 11.8 Å². The van der Waals surface area contributed by atoms with Gasteiger partial charge in [-0.15, -0.1) is 0 Å². The van der Waals surface area contributed by atoms with E-state index in [-0.39, 0.29) is 46.6 Å². The van der Waals surface area contributed by atoms with E-state index >= 15 is 0 Å². The van der Waals surface area contributed by atoms with Gasteiger partial charge in [-0.25, -0.2) is 0 Å². The Hall–Kier alpha value is -0.880. The molecule has 1 saturated carbocycles. The second-order valence-corrected chi connectivity index (χ2v) is 7.63. The lowest BCUT2D eigenvalue weighted by Crippen LogP contribution is -2.39. The second-order valence-electron chi connectivity index (χ2n) is 7.63. The number of nitrogens with zero attached hydrogens (tertiary/aromatic N) is 1. The fourth-order valence-corrected chi connectivity index (χ4v) is 4.76. The van der Waals surface area contributed by atoms with Crippen molar-refractivity contribution in [3.05, 3.63) is 0 Å². The van der Waals surface area contributed by atoms with Crippen LogP contribution in [0.15, 0.2) is 0 Å². The van der Waals surface area contributed by atoms with Crippen LogP contribution in [0.5, 0.6) is 0 Å². The number of nitriles is 1. The summed E-state index contributed by atoms with van der Waals surface area (Å²) in [6.45, 7) is 8.40. The molecule has 0 radical (unpaired) electrons. The van der Waals surface area contributed by atoms with Gasteiger partial charge in [0.15, 0.2) is 0 Å². The number of ether oxygens (including phenoxy) is 1. The first kappa shape index (κ1) is 13.1. The fraction of sp³-hybridized carbons (Fsp3) is 0.875. The van der Waals surface area contributed by atoms with Crippen molar-refractivity contribution in [2.24, 2.45) is 29.1 Å². The summed E-state index contributed by atoms with van der Waals surface area (Å²) in [6.07, 6.45) is 3.03. The molecule has 0 aromatic rings. The van der Waals surface area contributed by atoms with E-state index in [2.05, 4.69) is 26.8 Å². The predicted octanol–water partition coefficient (Wildman–Crippen LogP) is 2.94. The zero-order chi connectivity index (χ0) is 14.0. The highest BCUT2D eigenvalue weighted by molar-refractivity contribution is 5.85. The Balaban J connectivity index is 2.08. The largest absolute Gasteiger partial charge is 0.371 e. The minimum Gasteiger partial charge on any atom is -0.371 e. The molecule has 3 rings (SSSR count). The lowest BCUT2D eigenvalue weighted by atomic mass is 9.71. The number of Topliss-reactive ketones (excluding diaryl/α,β-unsaturated/α-hetero) is 1. The maximum atomic E-state index is 12.8. The van der Waals surface area contributed by atoms with Crippen LogP contribution in [0.25, 0.3) is 0 Å². The molecule has 3 aliphatic rings. The molecule has 0 aromatic carbocycles. The minimum absolute atomic E-state index is 0.0541. The fourth-order valence-electron chi connectivity index (χ4n) is 4.76. The lowest BCUT2D eigenvalue weighted by Gasteiger charge is -2.33. The summed E-state index contributed by atoms with van der Waals surface area (Å²) in [4.78, 5) is 12.8. The lowest BCUT2D eigenvalue weighted by molar-refractivity contribution is -0.129. The molecule has 104 valence electrons. The highest BCUT2D eigenvalue weighted by Crippen LogP contribution is 2.59. The summed E-state index contributed by atoms with van der Waals surface area (Å²) in [6, 6.07) is 2.43. The van der Waals surface area contributed by atoms with Gasteiger partial charge in [0.1, 0.15) is 5.78 Å². The number of rotatable bonds is 0. The van der Waals surface area contributed by atoms with Crippen molar-refractivity contribution in [1.29, 1.82) is 5.26 Å². The summed E-state index contributed by atoms with van der Waals surface area (Å²) in [5.41, 5.74) is -0.278. The van der Waals surface area contributed by atoms with Gasteiger partial charge in [0.25, 0.3) is 0 Å². The zero-order valence-corrected chi connectivity index (χ0v) is 12.3. The molecular weight excluding hydrogens is 238 g/mol. The topological polar surface area (TPSA) is 50.1 Å². The standard InChI is InChI=1S/C16H23NO2/c1-9-12-5-6-16(4,19-12)10-7-15(2,3)11(8-17)13(10)14(9)18/h9-13H,5-7H2,1-4H3/t9-,10-,11+,12+,13-,16-/m0/s1. The number of ketones is 1. The Morgan fingerprint density at radius 2 is 2.05 bits per heavy atom. The molecule has 0 spiro atoms. The molecule has 2 aliphatic heterocycles. The Morgan fingerprint density at radius 1 is 1.37 bits per heavy atom. The molecular formula is C16H23NO2. The van der Waals surface area contributed by atoms with E-state index in [0.717, 1.165) is 19.3 Å². The Bertz CT molecular complexity index is 464. The van der Waals surface area contributed by atoms with Crippen molar-refractivity contribution in [3.8, 4) is 6.07 Å². The number of fused-ring (bicyclic) bond motifs is 4. The first-order valence-corrected chi connectivity index (χ1v) is 7.41. The molecule has 19 heavy (non-hydrogen) atoms. The highest BCUT2D eigenvalue weighted by atomic mass is 16.5. The molecule has 0 unspecified atom stereocenters. The number of carbonyl (C=O) groups is 1. The first-order chi connectivity index (χ1) is 8.80. The third-order valence-corrected chi connectivity index (χ3v) is 5.98. The van der Waals surface area contributed by atoms with Crippen LogP contribution in [0.2, 0.25) is 0 Å². The van der Waals surface area contributed by atoms with Gasteiger partial charge in [-0.05, 0) is 37.5 Å². The summed E-state index contributed by atoms with van der Waals surface area (Å²) >= 11 is 0. The third-order valence-electron chi connectivity index (χ3n) is 5.98. The Morgan fingerprint density at radius 3 is 2.68 bits per heavy atom. The smallest absolute Gasteiger partial charge is 0.143 e. The normalized spacial score (nSPS) is 51.5. The molecule has 1 aliphatic carbocycles. The van der Waals surface area contributed by atoms with Gasteiger partial charge >= 0.3 is 0 Å². The molecule has 0 amide bonds. The van der Waals surface area contributed by atoms with Crippen LogP contribution in [0, 0.1) is 40.4 Å². The summed E-state index contributed by atoms with van der Waals surface area (Å²) < 4.78 is 6.26. The SMILES string of the molecule is C[C@@H]1C(=O)[C@@H]2[C@@H](C#N)C(C)(C)C[C@@H]2[C@]2(C)CC[C@H]1O2. The van der Waals surface area contributed by atoms with Gasteiger partial charge in [0.05, 0.1) is 23.7 Å². The molecule has 6 atom stereocenters. The highest BCUT2D eigenvalue weighted by Gasteiger charge is 2.62. The molecule has 3 heteroatoms. The van der Waals surface area contributed by atoms with Crippen LogP contribution >= 0.6 is 0 Å². The molecule has 3 fully saturated rings. The monoisotopic (exact) mass is 261 g/mol. The second kappa shape index (κ2) is 3.82. The third kappa shape index (κ3) is 1.62. The zero-order valence-electron chi connectivity index (χ0n) is 12.3. The average molecular weight is 261 g/mol. The van der Waals surface area contributed by atoms with Gasteiger partial charge in [0.2, 0.25) is 0 Å². The molecule has 0 N–H and O–H groups in total. The van der Waals surface area contributed by atoms with Crippen molar-refractivity contribution in [3.63, 3.8) is 0 Å². The van der Waals surface area contributed by atoms with Crippen LogP contribution in [-0.4, -0.2) is 17.5 Å². The van der Waals surface area contributed by atoms with Gasteiger partial charge in [-0.2, -0.15) is 5.26 Å². The first-order valence-electron chi connectivity index (χ1n) is 7.41. The van der Waals surface area contributed by atoms with Gasteiger partial charge < -0.3 is 4.74 Å². The molecule has 2 heterocycles. The summed E-state index contributed by atoms with van der Waals surface area (Å²) in [5.74, 6) is 0.157. The van der Waals surface area contributed by atoms with E-state index in [1.54, 1.807) is 0 Å². The van der Waals surface area contributed by atoms with Crippen molar-refractivity contribution in [1.82, 2.24) is 0 Å². The molecule has 3 nitrogen and oxygen atoms in total. The molecule has 2 bridgehead atoms. The predicted molar refractivity (Wildman–Crippen MR) is 71.2 cm³/mol. The number of carbonyl (C=O) groups excluding carboxylic acids is 1. The van der Waals surface area contributed by atoms with Crippen LogP contribution in [0.1, 0.15) is 47.0 Å². The van der Waals surface area contributed by atoms with Crippen LogP contribution in [0.4, 0.5) is 0 Å². The number of hydrogen-bond donors (Lipinski definition) is 0. The van der Waals surface area contributed by atoms with Gasteiger partial charge in [-0.1, -0.05) is 20.8 Å².